The molecule has 0 bridgehead atoms. The number of aryl methyl sites for hydroxylation is 1. The Hall–Kier alpha value is -2.46. The van der Waals surface area contributed by atoms with Crippen molar-refractivity contribution in [1.29, 1.82) is 0 Å². The summed E-state index contributed by atoms with van der Waals surface area (Å²) in [5, 5.41) is 9.34. The van der Waals surface area contributed by atoms with Crippen LogP contribution in [0.2, 0.25) is 0 Å². The van der Waals surface area contributed by atoms with Crippen LogP contribution < -0.4 is 15.2 Å². The molecule has 1 aromatic carbocycles. The molecule has 146 valence electrons. The van der Waals surface area contributed by atoms with Gasteiger partial charge >= 0.3 is 0 Å². The molecule has 2 N–H and O–H groups in total. The molecule has 0 spiro atoms. The lowest BCUT2D eigenvalue weighted by atomic mass is 10.1. The van der Waals surface area contributed by atoms with Crippen LogP contribution in [0.15, 0.2) is 23.0 Å². The van der Waals surface area contributed by atoms with Gasteiger partial charge in [-0.15, -0.1) is 0 Å². The molecule has 1 saturated heterocycles. The molecule has 9 nitrogen and oxygen atoms in total. The molecule has 1 amide bonds. The van der Waals surface area contributed by atoms with Gasteiger partial charge in [0.25, 0.3) is 11.5 Å². The number of aliphatic hydroxyl groups is 1. The van der Waals surface area contributed by atoms with Gasteiger partial charge in [0, 0.05) is 37.7 Å². The number of amides is 1. The number of aromatic nitrogens is 2. The minimum atomic E-state index is -3.68. The molecule has 1 fully saturated rings. The highest BCUT2D eigenvalue weighted by molar-refractivity contribution is 7.89. The van der Waals surface area contributed by atoms with Crippen molar-refractivity contribution in [2.45, 2.75) is 19.9 Å². The summed E-state index contributed by atoms with van der Waals surface area (Å²) in [6.07, 6.45) is 1.68. The largest absolute Gasteiger partial charge is 0.396 e. The lowest BCUT2D eigenvalue weighted by molar-refractivity contribution is 0.0982. The molecule has 0 aliphatic carbocycles. The van der Waals surface area contributed by atoms with Gasteiger partial charge in [-0.05, 0) is 31.5 Å². The third-order valence-corrected chi connectivity index (χ3v) is 5.19. The predicted molar refractivity (Wildman–Crippen MR) is 101 cm³/mol. The molecule has 3 rings (SSSR count). The van der Waals surface area contributed by atoms with Crippen LogP contribution in [0.25, 0.3) is 11.0 Å². The van der Waals surface area contributed by atoms with Crippen molar-refractivity contribution in [3.05, 3.63) is 34.1 Å². The molecule has 2 heterocycles. The molecule has 10 heteroatoms. The van der Waals surface area contributed by atoms with Crippen molar-refractivity contribution >= 4 is 32.8 Å². The number of nitrogens with zero attached hydrogens (tertiary/aromatic N) is 3. The number of fused-ring (bicyclic) bond motifs is 1. The summed E-state index contributed by atoms with van der Waals surface area (Å²) in [5.41, 5.74) is 0.916. The van der Waals surface area contributed by atoms with Gasteiger partial charge in [-0.2, -0.15) is 0 Å². The molecule has 0 radical (unpaired) electrons. The Bertz CT molecular complexity index is 1050. The van der Waals surface area contributed by atoms with Crippen LogP contribution in [0.5, 0.6) is 0 Å². The van der Waals surface area contributed by atoms with Gasteiger partial charge in [-0.1, -0.05) is 0 Å². The zero-order chi connectivity index (χ0) is 19.8. The molecule has 2 aromatic rings. The van der Waals surface area contributed by atoms with Crippen molar-refractivity contribution in [3.8, 4) is 0 Å². The second kappa shape index (κ2) is 7.28. The van der Waals surface area contributed by atoms with E-state index in [0.717, 1.165) is 12.7 Å². The van der Waals surface area contributed by atoms with E-state index in [1.807, 2.05) is 16.5 Å². The normalized spacial score (nSPS) is 17.4. The second-order valence-corrected chi connectivity index (χ2v) is 8.42. The summed E-state index contributed by atoms with van der Waals surface area (Å²) in [7, 11) is -3.68. The smallest absolute Gasteiger partial charge is 0.293 e. The lowest BCUT2D eigenvalue weighted by Crippen LogP contribution is -2.33. The summed E-state index contributed by atoms with van der Waals surface area (Å²) in [6.45, 7) is 3.49. The maximum Gasteiger partial charge on any atom is 0.293 e. The monoisotopic (exact) mass is 394 g/mol. The number of rotatable bonds is 5. The van der Waals surface area contributed by atoms with Crippen LogP contribution in [-0.2, 0) is 16.6 Å². The molecule has 1 aliphatic rings. The molecular formula is C17H22N4O5S. The van der Waals surface area contributed by atoms with E-state index in [0.29, 0.717) is 30.7 Å². The average Bonchev–Trinajstić information content (AvgIpc) is 3.08. The van der Waals surface area contributed by atoms with Gasteiger partial charge in [0.15, 0.2) is 5.82 Å². The third-order valence-electron chi connectivity index (χ3n) is 4.63. The number of hydrogen-bond donors (Lipinski definition) is 2. The van der Waals surface area contributed by atoms with Gasteiger partial charge in [0.1, 0.15) is 0 Å². The first-order chi connectivity index (χ1) is 12.7. The van der Waals surface area contributed by atoms with Gasteiger partial charge in [0.2, 0.25) is 10.0 Å². The first-order valence-electron chi connectivity index (χ1n) is 8.66. The van der Waals surface area contributed by atoms with Crippen LogP contribution >= 0.6 is 0 Å². The van der Waals surface area contributed by atoms with Crippen LogP contribution in [0.4, 0.5) is 5.82 Å². The highest BCUT2D eigenvalue weighted by atomic mass is 32.2. The van der Waals surface area contributed by atoms with Crippen molar-refractivity contribution < 1.29 is 18.3 Å². The number of nitrogens with one attached hydrogen (secondary N) is 1. The maximum absolute atomic E-state index is 12.8. The Morgan fingerprint density at radius 2 is 2.15 bits per heavy atom. The molecule has 1 atom stereocenters. The second-order valence-electron chi connectivity index (χ2n) is 6.67. The minimum absolute atomic E-state index is 0.0574. The summed E-state index contributed by atoms with van der Waals surface area (Å²) < 4.78 is 26.1. The number of hydrogen-bond acceptors (Lipinski definition) is 7. The van der Waals surface area contributed by atoms with E-state index < -0.39 is 15.9 Å². The number of sulfonamides is 1. The Labute approximate surface area is 156 Å². The summed E-state index contributed by atoms with van der Waals surface area (Å²) in [6, 6.07) is 4.53. The van der Waals surface area contributed by atoms with E-state index in [1.54, 1.807) is 10.6 Å². The number of benzene rings is 1. The summed E-state index contributed by atoms with van der Waals surface area (Å²) >= 11 is 0. The number of aliphatic hydroxyl groups excluding tert-OH is 1. The van der Waals surface area contributed by atoms with E-state index in [9.17, 15) is 23.1 Å². The van der Waals surface area contributed by atoms with Crippen LogP contribution in [0.1, 0.15) is 23.7 Å². The zero-order valence-electron chi connectivity index (χ0n) is 15.2. The van der Waals surface area contributed by atoms with Crippen molar-refractivity contribution in [2.75, 3.05) is 30.9 Å². The van der Waals surface area contributed by atoms with E-state index in [1.165, 1.54) is 12.1 Å². The van der Waals surface area contributed by atoms with Crippen molar-refractivity contribution in [2.24, 2.45) is 5.92 Å². The molecular weight excluding hydrogens is 372 g/mol. The standard InChI is InChI=1S/C17H22N4O5S/c1-3-21-14-5-4-12(16(23)19-27(2,25)26)8-13(14)18-15(17(21)24)20-7-6-11(9-20)10-22/h4-5,8,11,22H,3,6-7,9-10H2,1-2H3,(H,19,23)/t11-/m0/s1. The van der Waals surface area contributed by atoms with Gasteiger partial charge in [-0.25, -0.2) is 18.1 Å². The van der Waals surface area contributed by atoms with E-state index >= 15 is 0 Å². The van der Waals surface area contributed by atoms with Gasteiger partial charge in [0.05, 0.1) is 17.3 Å². The Morgan fingerprint density at radius 1 is 1.41 bits per heavy atom. The van der Waals surface area contributed by atoms with Crippen molar-refractivity contribution in [1.82, 2.24) is 14.3 Å². The number of carbonyl (C=O) groups excluding carboxylic acids is 1. The Balaban J connectivity index is 2.09. The molecule has 1 aromatic heterocycles. The van der Waals surface area contributed by atoms with Crippen molar-refractivity contribution in [3.63, 3.8) is 0 Å². The topological polar surface area (TPSA) is 122 Å². The van der Waals surface area contributed by atoms with Crippen LogP contribution in [0, 0.1) is 5.92 Å². The fraction of sp³-hybridized carbons (Fsp3) is 0.471. The molecule has 1 aliphatic heterocycles. The fourth-order valence-electron chi connectivity index (χ4n) is 3.30. The van der Waals surface area contributed by atoms with Crippen LogP contribution in [0.3, 0.4) is 0 Å². The number of anilines is 1. The van der Waals surface area contributed by atoms with Gasteiger partial charge in [-0.3, -0.25) is 9.59 Å². The van der Waals surface area contributed by atoms with E-state index in [4.69, 9.17) is 0 Å². The Morgan fingerprint density at radius 3 is 2.74 bits per heavy atom. The van der Waals surface area contributed by atoms with Gasteiger partial charge < -0.3 is 14.6 Å². The zero-order valence-corrected chi connectivity index (χ0v) is 16.0. The quantitative estimate of drug-likeness (QED) is 0.728. The first-order valence-corrected chi connectivity index (χ1v) is 10.5. The summed E-state index contributed by atoms with van der Waals surface area (Å²) in [4.78, 5) is 31.3. The minimum Gasteiger partial charge on any atom is -0.396 e. The summed E-state index contributed by atoms with van der Waals surface area (Å²) in [5.74, 6) is -0.372. The van der Waals surface area contributed by atoms with Crippen LogP contribution in [-0.4, -0.2) is 54.9 Å². The highest BCUT2D eigenvalue weighted by Crippen LogP contribution is 2.22. The average molecular weight is 394 g/mol. The Kier molecular flexibility index (Phi) is 5.20. The highest BCUT2D eigenvalue weighted by Gasteiger charge is 2.26. The fourth-order valence-corrected chi connectivity index (χ4v) is 3.75. The molecule has 0 unspecified atom stereocenters. The predicted octanol–water partition coefficient (Wildman–Crippen LogP) is -0.0756. The SMILES string of the molecule is CCn1c(=O)c(N2CC[C@H](CO)C2)nc2cc(C(=O)NS(C)(=O)=O)ccc21. The molecule has 0 saturated carbocycles. The van der Waals surface area contributed by atoms with E-state index in [2.05, 4.69) is 4.98 Å². The maximum atomic E-state index is 12.8. The first kappa shape index (κ1) is 19.3. The lowest BCUT2D eigenvalue weighted by Gasteiger charge is -2.19. The van der Waals surface area contributed by atoms with E-state index in [-0.39, 0.29) is 29.5 Å². The molecule has 27 heavy (non-hydrogen) atoms. The number of carbonyl (C=O) groups is 1. The third kappa shape index (κ3) is 3.96.